The van der Waals surface area contributed by atoms with Crippen LogP contribution in [0.1, 0.15) is 46.5 Å². The highest BCUT2D eigenvalue weighted by Crippen LogP contribution is 2.14. The van der Waals surface area contributed by atoms with E-state index in [0.717, 1.165) is 12.8 Å². The van der Waals surface area contributed by atoms with E-state index in [0.29, 0.717) is 26.1 Å². The van der Waals surface area contributed by atoms with E-state index >= 15 is 0 Å². The van der Waals surface area contributed by atoms with Crippen molar-refractivity contribution in [3.8, 4) is 0 Å². The van der Waals surface area contributed by atoms with Crippen molar-refractivity contribution < 1.29 is 24.2 Å². The second-order valence-electron chi connectivity index (χ2n) is 4.57. The number of aliphatic hydroxyl groups excluding tert-OH is 1. The number of aliphatic hydroxyl groups is 1. The summed E-state index contributed by atoms with van der Waals surface area (Å²) in [6.45, 7) is 6.13. The van der Waals surface area contributed by atoms with Crippen molar-refractivity contribution in [3.05, 3.63) is 0 Å². The van der Waals surface area contributed by atoms with Crippen LogP contribution >= 0.6 is 0 Å². The van der Waals surface area contributed by atoms with Crippen LogP contribution in [0.25, 0.3) is 0 Å². The molecule has 0 heterocycles. The van der Waals surface area contributed by atoms with E-state index in [1.54, 1.807) is 13.8 Å². The molecule has 112 valence electrons. The molecule has 0 saturated carbocycles. The van der Waals surface area contributed by atoms with E-state index in [9.17, 15) is 14.7 Å². The summed E-state index contributed by atoms with van der Waals surface area (Å²) in [5.74, 6) is -0.494. The number of carbonyl (C=O) groups is 2. The van der Waals surface area contributed by atoms with Gasteiger partial charge in [-0.1, -0.05) is 20.3 Å². The molecule has 2 atom stereocenters. The number of rotatable bonds is 11. The summed E-state index contributed by atoms with van der Waals surface area (Å²) >= 11 is 0. The van der Waals surface area contributed by atoms with Crippen molar-refractivity contribution in [1.82, 2.24) is 0 Å². The van der Waals surface area contributed by atoms with Crippen molar-refractivity contribution in [1.29, 1.82) is 0 Å². The Kier molecular flexibility index (Phi) is 10.4. The summed E-state index contributed by atoms with van der Waals surface area (Å²) in [5.41, 5.74) is 0. The third-order valence-electron chi connectivity index (χ3n) is 2.82. The monoisotopic (exact) mass is 274 g/mol. The van der Waals surface area contributed by atoms with E-state index in [2.05, 4.69) is 0 Å². The fraction of sp³-hybridized carbons (Fsp3) is 0.857. The number of ketones is 1. The largest absolute Gasteiger partial charge is 0.464 e. The molecule has 0 aliphatic rings. The minimum absolute atomic E-state index is 0.0492. The second kappa shape index (κ2) is 10.9. The van der Waals surface area contributed by atoms with E-state index in [1.807, 2.05) is 6.92 Å². The van der Waals surface area contributed by atoms with Gasteiger partial charge in [0.1, 0.15) is 12.7 Å². The first-order valence-electron chi connectivity index (χ1n) is 6.99. The highest BCUT2D eigenvalue weighted by atomic mass is 16.6. The van der Waals surface area contributed by atoms with Gasteiger partial charge in [0.2, 0.25) is 0 Å². The Balaban J connectivity index is 4.04. The average molecular weight is 274 g/mol. The Labute approximate surface area is 115 Å². The molecule has 0 bridgehead atoms. The minimum Gasteiger partial charge on any atom is -0.464 e. The van der Waals surface area contributed by atoms with Crippen LogP contribution in [-0.4, -0.2) is 42.8 Å². The molecule has 19 heavy (non-hydrogen) atoms. The highest BCUT2D eigenvalue weighted by Gasteiger charge is 2.19. The maximum Gasteiger partial charge on any atom is 0.332 e. The van der Waals surface area contributed by atoms with Gasteiger partial charge >= 0.3 is 5.97 Å². The van der Waals surface area contributed by atoms with Crippen LogP contribution in [0.5, 0.6) is 0 Å². The molecule has 1 N–H and O–H groups in total. The van der Waals surface area contributed by atoms with Crippen LogP contribution in [0.3, 0.4) is 0 Å². The van der Waals surface area contributed by atoms with Crippen molar-refractivity contribution in [2.45, 2.75) is 52.6 Å². The van der Waals surface area contributed by atoms with Gasteiger partial charge in [-0.15, -0.1) is 0 Å². The van der Waals surface area contributed by atoms with Gasteiger partial charge in [-0.05, 0) is 25.7 Å². The van der Waals surface area contributed by atoms with Crippen molar-refractivity contribution in [2.24, 2.45) is 5.92 Å². The molecule has 0 fully saturated rings. The average Bonchev–Trinajstić information content (AvgIpc) is 2.38. The maximum absolute atomic E-state index is 11.7. The summed E-state index contributed by atoms with van der Waals surface area (Å²) in [7, 11) is 0. The first kappa shape index (κ1) is 18.1. The van der Waals surface area contributed by atoms with Gasteiger partial charge in [-0.25, -0.2) is 4.79 Å². The standard InChI is InChI=1S/C14H26O5/c1-4-7-11(8-13(16)12(15)5-2)9-18-10-14(17)19-6-3/h11-12,15H,4-10H2,1-3H3/t11-,12?/m1/s1. The lowest BCUT2D eigenvalue weighted by molar-refractivity contribution is -0.149. The van der Waals surface area contributed by atoms with Crippen LogP contribution < -0.4 is 0 Å². The Morgan fingerprint density at radius 3 is 2.42 bits per heavy atom. The second-order valence-corrected chi connectivity index (χ2v) is 4.57. The fourth-order valence-electron chi connectivity index (χ4n) is 1.81. The Bertz CT molecular complexity index is 265. The first-order chi connectivity index (χ1) is 9.04. The Morgan fingerprint density at radius 2 is 1.89 bits per heavy atom. The number of hydrogen-bond acceptors (Lipinski definition) is 5. The number of esters is 1. The zero-order chi connectivity index (χ0) is 14.7. The normalized spacial score (nSPS) is 13.9. The fourth-order valence-corrected chi connectivity index (χ4v) is 1.81. The summed E-state index contributed by atoms with van der Waals surface area (Å²) in [4.78, 5) is 22.8. The molecular weight excluding hydrogens is 248 g/mol. The van der Waals surface area contributed by atoms with E-state index in [-0.39, 0.29) is 18.3 Å². The molecule has 0 amide bonds. The van der Waals surface area contributed by atoms with Gasteiger partial charge in [0.15, 0.2) is 5.78 Å². The minimum atomic E-state index is -0.885. The van der Waals surface area contributed by atoms with Crippen LogP contribution in [0.15, 0.2) is 0 Å². The van der Waals surface area contributed by atoms with E-state index in [1.165, 1.54) is 0 Å². The molecule has 0 aromatic rings. The van der Waals surface area contributed by atoms with Gasteiger partial charge in [0, 0.05) is 6.42 Å². The third kappa shape index (κ3) is 8.72. The molecule has 0 aliphatic heterocycles. The lowest BCUT2D eigenvalue weighted by Crippen LogP contribution is -2.25. The summed E-state index contributed by atoms with van der Waals surface area (Å²) in [5, 5.41) is 9.46. The Morgan fingerprint density at radius 1 is 1.21 bits per heavy atom. The molecule has 0 aromatic heterocycles. The van der Waals surface area contributed by atoms with Gasteiger partial charge in [-0.2, -0.15) is 0 Å². The highest BCUT2D eigenvalue weighted by molar-refractivity contribution is 5.82. The molecule has 1 unspecified atom stereocenters. The zero-order valence-corrected chi connectivity index (χ0v) is 12.2. The molecule has 0 aromatic carbocycles. The molecule has 5 heteroatoms. The van der Waals surface area contributed by atoms with Crippen molar-refractivity contribution in [2.75, 3.05) is 19.8 Å². The molecule has 0 aliphatic carbocycles. The Hall–Kier alpha value is -0.940. The summed E-state index contributed by atoms with van der Waals surface area (Å²) in [6.07, 6.45) is 1.62. The van der Waals surface area contributed by atoms with Crippen LogP contribution in [0.2, 0.25) is 0 Å². The zero-order valence-electron chi connectivity index (χ0n) is 12.2. The predicted molar refractivity (Wildman–Crippen MR) is 71.8 cm³/mol. The summed E-state index contributed by atoms with van der Waals surface area (Å²) in [6, 6.07) is 0. The molecule has 0 spiro atoms. The van der Waals surface area contributed by atoms with Crippen molar-refractivity contribution >= 4 is 11.8 Å². The smallest absolute Gasteiger partial charge is 0.332 e. The molecule has 5 nitrogen and oxygen atoms in total. The van der Waals surface area contributed by atoms with Crippen LogP contribution in [0.4, 0.5) is 0 Å². The number of hydrogen-bond donors (Lipinski definition) is 1. The quantitative estimate of drug-likeness (QED) is 0.581. The number of Topliss-reactive ketones (excluding diaryl/α,β-unsaturated/α-hetero) is 1. The van der Waals surface area contributed by atoms with Crippen LogP contribution in [0, 0.1) is 5.92 Å². The number of carbonyl (C=O) groups excluding carboxylic acids is 2. The van der Waals surface area contributed by atoms with Gasteiger partial charge < -0.3 is 14.6 Å². The predicted octanol–water partition coefficient (Wildman–Crippen LogP) is 1.71. The topological polar surface area (TPSA) is 72.8 Å². The lowest BCUT2D eigenvalue weighted by atomic mass is 9.95. The SMILES string of the molecule is CCC[C@@H](COCC(=O)OCC)CC(=O)C(O)CC. The third-order valence-corrected chi connectivity index (χ3v) is 2.82. The van der Waals surface area contributed by atoms with Gasteiger partial charge in [0.25, 0.3) is 0 Å². The summed E-state index contributed by atoms with van der Waals surface area (Å²) < 4.78 is 10.0. The van der Waals surface area contributed by atoms with Gasteiger partial charge in [-0.3, -0.25) is 4.79 Å². The van der Waals surface area contributed by atoms with E-state index in [4.69, 9.17) is 9.47 Å². The molecule has 0 radical (unpaired) electrons. The van der Waals surface area contributed by atoms with Crippen molar-refractivity contribution in [3.63, 3.8) is 0 Å². The van der Waals surface area contributed by atoms with E-state index < -0.39 is 12.1 Å². The van der Waals surface area contributed by atoms with Gasteiger partial charge in [0.05, 0.1) is 13.2 Å². The first-order valence-corrected chi connectivity index (χ1v) is 6.99. The lowest BCUT2D eigenvalue weighted by Gasteiger charge is -2.17. The molecule has 0 saturated heterocycles. The van der Waals surface area contributed by atoms with Crippen LogP contribution in [-0.2, 0) is 19.1 Å². The molecular formula is C14H26O5. The number of ether oxygens (including phenoxy) is 2. The maximum atomic E-state index is 11.7. The molecule has 0 rings (SSSR count).